The minimum Gasteiger partial charge on any atom is -0.508 e. The van der Waals surface area contributed by atoms with Crippen molar-refractivity contribution in [3.05, 3.63) is 18.2 Å². The number of carbonyl (C=O) groups excluding carboxylic acids is 1. The molecule has 1 aliphatic heterocycles. The molecule has 0 aromatic heterocycles. The quantitative estimate of drug-likeness (QED) is 0.763. The lowest BCUT2D eigenvalue weighted by atomic mass is 9.77. The van der Waals surface area contributed by atoms with Gasteiger partial charge >= 0.3 is 0 Å². The number of amides is 1. The summed E-state index contributed by atoms with van der Waals surface area (Å²) in [6.45, 7) is 2.85. The molecule has 1 aromatic carbocycles. The maximum atomic E-state index is 12.6. The Bertz CT molecular complexity index is 507. The molecule has 0 unspecified atom stereocenters. The number of phenols is 1. The van der Waals surface area contributed by atoms with Gasteiger partial charge in [-0.25, -0.2) is 0 Å². The highest BCUT2D eigenvalue weighted by Crippen LogP contribution is 2.44. The van der Waals surface area contributed by atoms with Gasteiger partial charge in [-0.05, 0) is 31.9 Å². The second-order valence-corrected chi connectivity index (χ2v) is 5.49. The molecule has 1 amide bonds. The van der Waals surface area contributed by atoms with Crippen molar-refractivity contribution in [3.63, 3.8) is 0 Å². The Morgan fingerprint density at radius 3 is 2.74 bits per heavy atom. The number of nitrogens with zero attached hydrogens (tertiary/aromatic N) is 1. The lowest BCUT2D eigenvalue weighted by molar-refractivity contribution is -0.122. The molecule has 0 atom stereocenters. The summed E-state index contributed by atoms with van der Waals surface area (Å²) < 4.78 is 0. The van der Waals surface area contributed by atoms with E-state index in [0.717, 1.165) is 43.6 Å². The van der Waals surface area contributed by atoms with E-state index < -0.39 is 5.54 Å². The Balaban J connectivity index is 2.10. The number of hydrogen-bond acceptors (Lipinski definition) is 3. The summed E-state index contributed by atoms with van der Waals surface area (Å²) in [6, 6.07) is 5.15. The Kier molecular flexibility index (Phi) is 2.88. The molecule has 1 aliphatic carbocycles. The topological polar surface area (TPSA) is 52.6 Å². The second kappa shape index (κ2) is 4.44. The Morgan fingerprint density at radius 1 is 1.32 bits per heavy atom. The van der Waals surface area contributed by atoms with E-state index in [0.29, 0.717) is 0 Å². The van der Waals surface area contributed by atoms with Crippen LogP contribution in [0.2, 0.25) is 0 Å². The number of benzene rings is 1. The summed E-state index contributed by atoms with van der Waals surface area (Å²) in [7, 11) is 0. The molecule has 1 saturated carbocycles. The van der Waals surface area contributed by atoms with Gasteiger partial charge in [0.15, 0.2) is 0 Å². The van der Waals surface area contributed by atoms with Gasteiger partial charge in [-0.15, -0.1) is 0 Å². The number of likely N-dealkylation sites (N-methyl/N-ethyl adjacent to an activating group) is 1. The van der Waals surface area contributed by atoms with Crippen LogP contribution in [0.5, 0.6) is 5.75 Å². The van der Waals surface area contributed by atoms with E-state index in [1.54, 1.807) is 18.2 Å². The number of hydrogen-bond donors (Lipinski definition) is 2. The number of anilines is 2. The molecule has 19 heavy (non-hydrogen) atoms. The van der Waals surface area contributed by atoms with Crippen LogP contribution in [0.15, 0.2) is 18.2 Å². The normalized spacial score (nSPS) is 21.1. The molecule has 2 aliphatic rings. The summed E-state index contributed by atoms with van der Waals surface area (Å²) in [5.41, 5.74) is 1.35. The van der Waals surface area contributed by atoms with E-state index in [1.807, 2.05) is 0 Å². The Hall–Kier alpha value is -1.71. The van der Waals surface area contributed by atoms with E-state index in [4.69, 9.17) is 0 Å². The minimum absolute atomic E-state index is 0.118. The predicted octanol–water partition coefficient (Wildman–Crippen LogP) is 2.87. The van der Waals surface area contributed by atoms with Crippen molar-refractivity contribution < 1.29 is 9.90 Å². The molecule has 1 fully saturated rings. The van der Waals surface area contributed by atoms with Crippen molar-refractivity contribution in [3.8, 4) is 5.75 Å². The van der Waals surface area contributed by atoms with Crippen molar-refractivity contribution in [2.45, 2.75) is 44.6 Å². The predicted molar refractivity (Wildman–Crippen MR) is 75.6 cm³/mol. The highest BCUT2D eigenvalue weighted by Gasteiger charge is 2.47. The molecular weight excluding hydrogens is 240 g/mol. The Morgan fingerprint density at radius 2 is 2.05 bits per heavy atom. The number of phenolic OH excluding ortho intramolecular Hbond substituents is 1. The molecule has 102 valence electrons. The van der Waals surface area contributed by atoms with Crippen LogP contribution in [0.1, 0.15) is 39.0 Å². The van der Waals surface area contributed by atoms with Gasteiger partial charge < -0.3 is 15.3 Å². The lowest BCUT2D eigenvalue weighted by Gasteiger charge is -2.49. The fourth-order valence-corrected chi connectivity index (χ4v) is 3.55. The van der Waals surface area contributed by atoms with Gasteiger partial charge in [-0.1, -0.05) is 19.3 Å². The van der Waals surface area contributed by atoms with Gasteiger partial charge in [0.05, 0.1) is 11.4 Å². The van der Waals surface area contributed by atoms with E-state index in [1.165, 1.54) is 6.42 Å². The maximum absolute atomic E-state index is 12.6. The average Bonchev–Trinajstić information content (AvgIpc) is 2.42. The largest absolute Gasteiger partial charge is 0.508 e. The van der Waals surface area contributed by atoms with Crippen LogP contribution < -0.4 is 10.2 Å². The third-order valence-electron chi connectivity index (χ3n) is 4.46. The molecular formula is C15H20N2O2. The average molecular weight is 260 g/mol. The van der Waals surface area contributed by atoms with Gasteiger partial charge in [0, 0.05) is 12.6 Å². The number of rotatable bonds is 1. The number of carbonyl (C=O) groups is 1. The molecule has 1 spiro atoms. The van der Waals surface area contributed by atoms with Gasteiger partial charge in [0.25, 0.3) is 0 Å². The van der Waals surface area contributed by atoms with E-state index in [9.17, 15) is 9.90 Å². The molecule has 0 saturated heterocycles. The summed E-state index contributed by atoms with van der Waals surface area (Å²) in [6.07, 6.45) is 5.21. The SMILES string of the molecule is CCN1c2cc(O)ccc2NC(=O)C12CCCCC2. The van der Waals surface area contributed by atoms with E-state index >= 15 is 0 Å². The summed E-state index contributed by atoms with van der Waals surface area (Å²) in [4.78, 5) is 14.8. The lowest BCUT2D eigenvalue weighted by Crippen LogP contribution is -2.60. The third-order valence-corrected chi connectivity index (χ3v) is 4.46. The number of nitrogens with one attached hydrogen (secondary N) is 1. The molecule has 1 heterocycles. The van der Waals surface area contributed by atoms with Crippen molar-refractivity contribution >= 4 is 17.3 Å². The van der Waals surface area contributed by atoms with Crippen LogP contribution in [0.25, 0.3) is 0 Å². The van der Waals surface area contributed by atoms with Gasteiger partial charge in [0.2, 0.25) is 5.91 Å². The molecule has 3 rings (SSSR count). The summed E-state index contributed by atoms with van der Waals surface area (Å²) in [5, 5.41) is 12.7. The van der Waals surface area contributed by atoms with Crippen LogP contribution in [0.4, 0.5) is 11.4 Å². The van der Waals surface area contributed by atoms with Crippen molar-refractivity contribution in [2.75, 3.05) is 16.8 Å². The summed E-state index contributed by atoms with van der Waals surface area (Å²) in [5.74, 6) is 0.367. The van der Waals surface area contributed by atoms with Crippen molar-refractivity contribution in [1.82, 2.24) is 0 Å². The zero-order valence-corrected chi connectivity index (χ0v) is 11.3. The fraction of sp³-hybridized carbons (Fsp3) is 0.533. The van der Waals surface area contributed by atoms with Gasteiger partial charge in [0.1, 0.15) is 11.3 Å². The van der Waals surface area contributed by atoms with Gasteiger partial charge in [-0.2, -0.15) is 0 Å². The number of fused-ring (bicyclic) bond motifs is 1. The molecule has 0 radical (unpaired) electrons. The van der Waals surface area contributed by atoms with Crippen molar-refractivity contribution in [1.29, 1.82) is 0 Å². The minimum atomic E-state index is -0.409. The van der Waals surface area contributed by atoms with Crippen LogP contribution in [-0.4, -0.2) is 23.1 Å². The van der Waals surface area contributed by atoms with Gasteiger partial charge in [-0.3, -0.25) is 4.79 Å². The zero-order chi connectivity index (χ0) is 13.5. The van der Waals surface area contributed by atoms with Crippen LogP contribution >= 0.6 is 0 Å². The highest BCUT2D eigenvalue weighted by molar-refractivity contribution is 6.06. The van der Waals surface area contributed by atoms with Crippen LogP contribution in [0.3, 0.4) is 0 Å². The highest BCUT2D eigenvalue weighted by atomic mass is 16.3. The zero-order valence-electron chi connectivity index (χ0n) is 11.3. The second-order valence-electron chi connectivity index (χ2n) is 5.49. The molecule has 4 heteroatoms. The monoisotopic (exact) mass is 260 g/mol. The molecule has 2 N–H and O–H groups in total. The Labute approximate surface area is 113 Å². The van der Waals surface area contributed by atoms with E-state index in [2.05, 4.69) is 17.1 Å². The molecule has 1 aromatic rings. The van der Waals surface area contributed by atoms with Crippen LogP contribution in [0, 0.1) is 0 Å². The third kappa shape index (κ3) is 1.78. The first-order chi connectivity index (χ1) is 9.17. The van der Waals surface area contributed by atoms with Crippen LogP contribution in [-0.2, 0) is 4.79 Å². The maximum Gasteiger partial charge on any atom is 0.250 e. The first kappa shape index (κ1) is 12.3. The molecule has 0 bridgehead atoms. The fourth-order valence-electron chi connectivity index (χ4n) is 3.55. The first-order valence-electron chi connectivity index (χ1n) is 7.09. The standard InChI is InChI=1S/C15H20N2O2/c1-2-17-13-10-11(18)6-7-12(13)16-14(19)15(17)8-4-3-5-9-15/h6-7,10,18H,2-5,8-9H2,1H3,(H,16,19). The molecule has 4 nitrogen and oxygen atoms in total. The van der Waals surface area contributed by atoms with Crippen molar-refractivity contribution in [2.24, 2.45) is 0 Å². The smallest absolute Gasteiger partial charge is 0.250 e. The number of aromatic hydroxyl groups is 1. The van der Waals surface area contributed by atoms with E-state index in [-0.39, 0.29) is 11.7 Å². The first-order valence-corrected chi connectivity index (χ1v) is 7.09. The summed E-state index contributed by atoms with van der Waals surface area (Å²) >= 11 is 0.